The third-order valence-electron chi connectivity index (χ3n) is 5.94. The number of carbonyl (C=O) groups excluding carboxylic acids is 1. The Bertz CT molecular complexity index is 583. The Morgan fingerprint density at radius 1 is 1.17 bits per heavy atom. The highest BCUT2D eigenvalue weighted by molar-refractivity contribution is 5.77. The van der Waals surface area contributed by atoms with E-state index in [1.807, 2.05) is 17.0 Å². The Labute approximate surface area is 135 Å². The minimum absolute atomic E-state index is 0.0564. The molecule has 3 atom stereocenters. The summed E-state index contributed by atoms with van der Waals surface area (Å²) in [6.45, 7) is 2.80. The van der Waals surface area contributed by atoms with E-state index >= 15 is 0 Å². The van der Waals surface area contributed by atoms with E-state index in [9.17, 15) is 9.18 Å². The van der Waals surface area contributed by atoms with E-state index in [-0.39, 0.29) is 36.7 Å². The maximum absolute atomic E-state index is 13.3. The van der Waals surface area contributed by atoms with Crippen LogP contribution in [0, 0.1) is 11.7 Å². The molecule has 0 spiro atoms. The van der Waals surface area contributed by atoms with Gasteiger partial charge < -0.3 is 10.0 Å². The van der Waals surface area contributed by atoms with Crippen molar-refractivity contribution in [2.45, 2.75) is 37.3 Å². The maximum atomic E-state index is 13.3. The van der Waals surface area contributed by atoms with Crippen molar-refractivity contribution in [2.75, 3.05) is 26.2 Å². The van der Waals surface area contributed by atoms with Gasteiger partial charge in [-0.05, 0) is 49.5 Å². The number of carbonyl (C=O) groups is 1. The van der Waals surface area contributed by atoms with Gasteiger partial charge in [0.15, 0.2) is 0 Å². The second-order valence-electron chi connectivity index (χ2n) is 7.03. The maximum Gasteiger partial charge on any atom is 0.225 e. The number of rotatable bonds is 3. The first-order valence-electron chi connectivity index (χ1n) is 8.59. The number of hydrogen-bond acceptors (Lipinski definition) is 3. The first-order valence-corrected chi connectivity index (χ1v) is 8.59. The first kappa shape index (κ1) is 15.1. The average molecular weight is 318 g/mol. The number of halogens is 1. The van der Waals surface area contributed by atoms with E-state index in [1.165, 1.54) is 12.1 Å². The summed E-state index contributed by atoms with van der Waals surface area (Å²) in [5.74, 6) is 0.646. The van der Waals surface area contributed by atoms with Crippen LogP contribution in [0.25, 0.3) is 0 Å². The van der Waals surface area contributed by atoms with Gasteiger partial charge in [0.1, 0.15) is 5.82 Å². The van der Waals surface area contributed by atoms with Crippen molar-refractivity contribution in [3.8, 4) is 0 Å². The largest absolute Gasteiger partial charge is 0.396 e. The number of nitrogens with zero attached hydrogens (tertiary/aromatic N) is 2. The van der Waals surface area contributed by atoms with Crippen molar-refractivity contribution in [1.29, 1.82) is 0 Å². The smallest absolute Gasteiger partial charge is 0.225 e. The number of benzene rings is 1. The summed E-state index contributed by atoms with van der Waals surface area (Å²) in [6, 6.07) is 7.35. The van der Waals surface area contributed by atoms with Gasteiger partial charge in [-0.3, -0.25) is 9.69 Å². The molecule has 0 unspecified atom stereocenters. The second kappa shape index (κ2) is 5.87. The first-order chi connectivity index (χ1) is 11.2. The highest BCUT2D eigenvalue weighted by Crippen LogP contribution is 2.46. The lowest BCUT2D eigenvalue weighted by molar-refractivity contribution is -0.136. The summed E-state index contributed by atoms with van der Waals surface area (Å²) in [5, 5.41) is 9.14. The summed E-state index contributed by atoms with van der Waals surface area (Å²) < 4.78 is 13.3. The Hall–Kier alpha value is -1.46. The molecule has 4 aliphatic heterocycles. The fourth-order valence-corrected chi connectivity index (χ4v) is 4.95. The molecular weight excluding hydrogens is 295 g/mol. The average Bonchev–Trinajstić information content (AvgIpc) is 3.00. The normalized spacial score (nSPS) is 35.4. The van der Waals surface area contributed by atoms with Gasteiger partial charge in [-0.15, -0.1) is 0 Å². The van der Waals surface area contributed by atoms with E-state index in [4.69, 9.17) is 5.11 Å². The molecule has 1 N–H and O–H groups in total. The van der Waals surface area contributed by atoms with Crippen LogP contribution in [-0.2, 0) is 4.79 Å². The zero-order chi connectivity index (χ0) is 16.0. The quantitative estimate of drug-likeness (QED) is 0.920. The number of aliphatic hydroxyl groups excluding tert-OH is 1. The minimum Gasteiger partial charge on any atom is -0.396 e. The van der Waals surface area contributed by atoms with Crippen molar-refractivity contribution < 1.29 is 14.3 Å². The molecule has 2 bridgehead atoms. The van der Waals surface area contributed by atoms with E-state index < -0.39 is 0 Å². The predicted octanol–water partition coefficient (Wildman–Crippen LogP) is 1.60. The van der Waals surface area contributed by atoms with Gasteiger partial charge in [-0.1, -0.05) is 12.1 Å². The SMILES string of the molecule is O=C(CCO)N1C[C@@H](c2ccc(F)cc2)[C@@H]2[C@H]1C1CCN2CC1. The fourth-order valence-electron chi connectivity index (χ4n) is 4.95. The van der Waals surface area contributed by atoms with Crippen LogP contribution in [0.5, 0.6) is 0 Å². The Morgan fingerprint density at radius 2 is 1.87 bits per heavy atom. The van der Waals surface area contributed by atoms with Gasteiger partial charge in [0.25, 0.3) is 0 Å². The van der Waals surface area contributed by atoms with E-state index in [2.05, 4.69) is 4.90 Å². The van der Waals surface area contributed by atoms with Gasteiger partial charge in [-0.2, -0.15) is 0 Å². The molecule has 1 aromatic rings. The Kier molecular flexibility index (Phi) is 3.85. The summed E-state index contributed by atoms with van der Waals surface area (Å²) in [4.78, 5) is 17.0. The van der Waals surface area contributed by atoms with E-state index in [1.54, 1.807) is 0 Å². The lowest BCUT2D eigenvalue weighted by Gasteiger charge is -2.51. The minimum atomic E-state index is -0.220. The van der Waals surface area contributed by atoms with Crippen LogP contribution in [0.1, 0.15) is 30.7 Å². The molecule has 23 heavy (non-hydrogen) atoms. The molecule has 4 nitrogen and oxygen atoms in total. The van der Waals surface area contributed by atoms with Crippen LogP contribution < -0.4 is 0 Å². The number of aliphatic hydroxyl groups is 1. The third kappa shape index (κ3) is 2.46. The van der Waals surface area contributed by atoms with Gasteiger partial charge in [0, 0.05) is 24.9 Å². The predicted molar refractivity (Wildman–Crippen MR) is 84.4 cm³/mol. The lowest BCUT2D eigenvalue weighted by Crippen LogP contribution is -2.60. The number of fused-ring (bicyclic) bond motifs is 2. The van der Waals surface area contributed by atoms with Crippen molar-refractivity contribution in [2.24, 2.45) is 5.92 Å². The Morgan fingerprint density at radius 3 is 2.52 bits per heavy atom. The van der Waals surface area contributed by atoms with Crippen LogP contribution in [0.2, 0.25) is 0 Å². The van der Waals surface area contributed by atoms with Crippen molar-refractivity contribution in [1.82, 2.24) is 9.80 Å². The second-order valence-corrected chi connectivity index (χ2v) is 7.03. The van der Waals surface area contributed by atoms with Gasteiger partial charge in [0.2, 0.25) is 5.91 Å². The third-order valence-corrected chi connectivity index (χ3v) is 5.94. The molecule has 0 aliphatic carbocycles. The summed E-state index contributed by atoms with van der Waals surface area (Å²) >= 11 is 0. The van der Waals surface area contributed by atoms with Crippen molar-refractivity contribution in [3.63, 3.8) is 0 Å². The standard InChI is InChI=1S/C18H23FN2O2/c19-14-3-1-12(2-4-14)15-11-21(16(23)7-10-22)17-13-5-8-20(9-6-13)18(15)17/h1-4,13,15,17-18,22H,5-11H2/t15-,17+,18+/m0/s1. The van der Waals surface area contributed by atoms with Gasteiger partial charge >= 0.3 is 0 Å². The highest BCUT2D eigenvalue weighted by atomic mass is 19.1. The number of piperidine rings is 3. The molecule has 5 heteroatoms. The molecule has 4 fully saturated rings. The summed E-state index contributed by atoms with van der Waals surface area (Å²) in [5.41, 5.74) is 1.12. The molecule has 4 heterocycles. The molecule has 0 aromatic heterocycles. The number of likely N-dealkylation sites (tertiary alicyclic amines) is 1. The van der Waals surface area contributed by atoms with Crippen LogP contribution >= 0.6 is 0 Å². The van der Waals surface area contributed by atoms with Crippen LogP contribution in [-0.4, -0.2) is 59.1 Å². The van der Waals surface area contributed by atoms with Crippen molar-refractivity contribution in [3.05, 3.63) is 35.6 Å². The summed E-state index contributed by atoms with van der Waals surface area (Å²) in [6.07, 6.45) is 2.51. The molecule has 5 rings (SSSR count). The zero-order valence-corrected chi connectivity index (χ0v) is 13.2. The van der Waals surface area contributed by atoms with Gasteiger partial charge in [-0.25, -0.2) is 4.39 Å². The molecule has 124 valence electrons. The molecule has 0 saturated carbocycles. The van der Waals surface area contributed by atoms with Crippen molar-refractivity contribution >= 4 is 5.91 Å². The summed E-state index contributed by atoms with van der Waals surface area (Å²) in [7, 11) is 0. The molecule has 4 aliphatic rings. The molecule has 1 amide bonds. The van der Waals surface area contributed by atoms with Crippen LogP contribution in [0.4, 0.5) is 4.39 Å². The lowest BCUT2D eigenvalue weighted by atomic mass is 9.75. The fraction of sp³-hybridized carbons (Fsp3) is 0.611. The highest BCUT2D eigenvalue weighted by Gasteiger charge is 2.54. The van der Waals surface area contributed by atoms with Gasteiger partial charge in [0.05, 0.1) is 12.6 Å². The molecule has 1 aromatic carbocycles. The number of amides is 1. The van der Waals surface area contributed by atoms with Crippen LogP contribution in [0.15, 0.2) is 24.3 Å². The van der Waals surface area contributed by atoms with E-state index in [0.717, 1.165) is 31.5 Å². The topological polar surface area (TPSA) is 43.8 Å². The number of hydrogen-bond donors (Lipinski definition) is 1. The monoisotopic (exact) mass is 318 g/mol. The molecular formula is C18H23FN2O2. The van der Waals surface area contributed by atoms with E-state index in [0.29, 0.717) is 18.5 Å². The molecule has 4 saturated heterocycles. The van der Waals surface area contributed by atoms with Crippen LogP contribution in [0.3, 0.4) is 0 Å². The Balaban J connectivity index is 1.67. The zero-order valence-electron chi connectivity index (χ0n) is 13.2. The molecule has 0 radical (unpaired) electrons.